The molecule has 1 N–H and O–H groups in total. The number of nitrogens with one attached hydrogen (secondary N) is 1. The summed E-state index contributed by atoms with van der Waals surface area (Å²) >= 11 is 3.43. The van der Waals surface area contributed by atoms with E-state index in [1.54, 1.807) is 48.6 Å². The van der Waals surface area contributed by atoms with Crippen LogP contribution >= 0.6 is 15.9 Å². The number of aromatic nitrogens is 1. The molecule has 0 unspecified atom stereocenters. The van der Waals surface area contributed by atoms with Crippen LogP contribution in [0.1, 0.15) is 47.1 Å². The Hall–Kier alpha value is -1.80. The summed E-state index contributed by atoms with van der Waals surface area (Å²) in [6.07, 6.45) is 1.88. The van der Waals surface area contributed by atoms with Crippen LogP contribution in [0, 0.1) is 26.7 Å². The molecule has 1 aromatic carbocycles. The van der Waals surface area contributed by atoms with E-state index in [0.717, 1.165) is 22.9 Å². The number of hydrogen-bond donors (Lipinski definition) is 1. The standard InChI is InChI=1S/C21H28BrN3O3S/c1-13-8-10-25(11-9-13)21(26)19-15(3)24(5)16(4)20(19)29(27,28)23-17-6-7-18(22)14(2)12-17/h6-7,12-13,23H,8-11H2,1-5H3. The predicted molar refractivity (Wildman–Crippen MR) is 119 cm³/mol. The number of benzene rings is 1. The fourth-order valence-electron chi connectivity index (χ4n) is 3.78. The third-order valence-electron chi connectivity index (χ3n) is 5.89. The molecule has 0 spiro atoms. The molecule has 1 amide bonds. The number of amides is 1. The number of aryl methyl sites for hydroxylation is 1. The number of halogens is 1. The number of likely N-dealkylation sites (tertiary alicyclic amines) is 1. The molecule has 0 radical (unpaired) electrons. The second kappa shape index (κ2) is 8.14. The Kier molecular flexibility index (Phi) is 6.15. The summed E-state index contributed by atoms with van der Waals surface area (Å²) in [7, 11) is -2.14. The Morgan fingerprint density at radius 3 is 2.34 bits per heavy atom. The SMILES string of the molecule is Cc1cc(NS(=O)(=O)c2c(C(=O)N3CCC(C)CC3)c(C)n(C)c2C)ccc1Br. The second-order valence-corrected chi connectivity index (χ2v) is 10.5. The van der Waals surface area contributed by atoms with Crippen LogP contribution in [-0.4, -0.2) is 36.9 Å². The topological polar surface area (TPSA) is 71.4 Å². The number of rotatable bonds is 4. The normalized spacial score (nSPS) is 15.6. The van der Waals surface area contributed by atoms with Gasteiger partial charge in [0.2, 0.25) is 0 Å². The predicted octanol–water partition coefficient (Wildman–Crippen LogP) is 4.39. The van der Waals surface area contributed by atoms with Gasteiger partial charge >= 0.3 is 0 Å². The highest BCUT2D eigenvalue weighted by atomic mass is 79.9. The summed E-state index contributed by atoms with van der Waals surface area (Å²) in [6.45, 7) is 8.93. The van der Waals surface area contributed by atoms with Crippen LogP contribution in [0.5, 0.6) is 0 Å². The van der Waals surface area contributed by atoms with E-state index in [1.807, 2.05) is 6.92 Å². The molecule has 0 aliphatic carbocycles. The van der Waals surface area contributed by atoms with Gasteiger partial charge in [-0.05, 0) is 63.3 Å². The van der Waals surface area contributed by atoms with Crippen LogP contribution in [0.4, 0.5) is 5.69 Å². The maximum absolute atomic E-state index is 13.3. The minimum Gasteiger partial charge on any atom is -0.350 e. The minimum atomic E-state index is -3.93. The maximum Gasteiger partial charge on any atom is 0.264 e. The molecular weight excluding hydrogens is 454 g/mol. The van der Waals surface area contributed by atoms with Crippen molar-refractivity contribution in [2.45, 2.75) is 45.4 Å². The second-order valence-electron chi connectivity index (χ2n) is 7.98. The van der Waals surface area contributed by atoms with Gasteiger partial charge in [0.25, 0.3) is 15.9 Å². The van der Waals surface area contributed by atoms with Crippen molar-refractivity contribution in [3.05, 3.63) is 45.2 Å². The molecular formula is C21H28BrN3O3S. The molecule has 1 aliphatic heterocycles. The molecule has 0 atom stereocenters. The van der Waals surface area contributed by atoms with Crippen LogP contribution in [0.15, 0.2) is 27.6 Å². The van der Waals surface area contributed by atoms with E-state index >= 15 is 0 Å². The van der Waals surface area contributed by atoms with E-state index < -0.39 is 10.0 Å². The van der Waals surface area contributed by atoms with Crippen LogP contribution < -0.4 is 4.72 Å². The van der Waals surface area contributed by atoms with Crippen molar-refractivity contribution in [3.63, 3.8) is 0 Å². The van der Waals surface area contributed by atoms with Crippen molar-refractivity contribution in [2.24, 2.45) is 13.0 Å². The monoisotopic (exact) mass is 481 g/mol. The summed E-state index contributed by atoms with van der Waals surface area (Å²) in [5.41, 5.74) is 2.89. The summed E-state index contributed by atoms with van der Waals surface area (Å²) in [6, 6.07) is 5.27. The van der Waals surface area contributed by atoms with E-state index in [1.165, 1.54) is 0 Å². The molecule has 8 heteroatoms. The van der Waals surface area contributed by atoms with Crippen molar-refractivity contribution in [1.29, 1.82) is 0 Å². The van der Waals surface area contributed by atoms with Crippen molar-refractivity contribution < 1.29 is 13.2 Å². The van der Waals surface area contributed by atoms with Crippen LogP contribution in [0.3, 0.4) is 0 Å². The molecule has 2 heterocycles. The molecule has 0 bridgehead atoms. The number of hydrogen-bond acceptors (Lipinski definition) is 3. The van der Waals surface area contributed by atoms with Crippen molar-refractivity contribution >= 4 is 37.5 Å². The van der Waals surface area contributed by atoms with E-state index in [2.05, 4.69) is 27.6 Å². The Morgan fingerprint density at radius 2 is 1.76 bits per heavy atom. The highest BCUT2D eigenvalue weighted by Crippen LogP contribution is 2.31. The Balaban J connectivity index is 2.03. The molecule has 1 aromatic heterocycles. The number of anilines is 1. The van der Waals surface area contributed by atoms with Gasteiger partial charge < -0.3 is 9.47 Å². The first kappa shape index (κ1) is 21.9. The van der Waals surface area contributed by atoms with Gasteiger partial charge in [0.15, 0.2) is 0 Å². The van der Waals surface area contributed by atoms with E-state index in [0.29, 0.717) is 36.1 Å². The lowest BCUT2D eigenvalue weighted by Gasteiger charge is -2.30. The molecule has 29 heavy (non-hydrogen) atoms. The van der Waals surface area contributed by atoms with Crippen LogP contribution in [0.2, 0.25) is 0 Å². The van der Waals surface area contributed by atoms with Crippen molar-refractivity contribution in [1.82, 2.24) is 9.47 Å². The first-order chi connectivity index (χ1) is 13.5. The van der Waals surface area contributed by atoms with Crippen LogP contribution in [-0.2, 0) is 17.1 Å². The Morgan fingerprint density at radius 1 is 1.14 bits per heavy atom. The van der Waals surface area contributed by atoms with Crippen molar-refractivity contribution in [2.75, 3.05) is 17.8 Å². The average molecular weight is 482 g/mol. The first-order valence-electron chi connectivity index (χ1n) is 9.77. The van der Waals surface area contributed by atoms with Gasteiger partial charge in [-0.2, -0.15) is 0 Å². The lowest BCUT2D eigenvalue weighted by molar-refractivity contribution is 0.0692. The highest BCUT2D eigenvalue weighted by molar-refractivity contribution is 9.10. The number of carbonyl (C=O) groups is 1. The zero-order valence-electron chi connectivity index (χ0n) is 17.5. The zero-order chi connectivity index (χ0) is 21.5. The van der Waals surface area contributed by atoms with E-state index in [4.69, 9.17) is 0 Å². The quantitative estimate of drug-likeness (QED) is 0.703. The lowest BCUT2D eigenvalue weighted by atomic mass is 9.98. The molecule has 158 valence electrons. The molecule has 3 rings (SSSR count). The third kappa shape index (κ3) is 4.23. The van der Waals surface area contributed by atoms with Gasteiger partial charge in [-0.25, -0.2) is 8.42 Å². The fraction of sp³-hybridized carbons (Fsp3) is 0.476. The summed E-state index contributed by atoms with van der Waals surface area (Å²) in [4.78, 5) is 15.2. The summed E-state index contributed by atoms with van der Waals surface area (Å²) in [5, 5.41) is 0. The number of carbonyl (C=O) groups excluding carboxylic acids is 1. The minimum absolute atomic E-state index is 0.0710. The van der Waals surface area contributed by atoms with Gasteiger partial charge in [-0.1, -0.05) is 22.9 Å². The molecule has 6 nitrogen and oxygen atoms in total. The van der Waals surface area contributed by atoms with Crippen LogP contribution in [0.25, 0.3) is 0 Å². The van der Waals surface area contributed by atoms with Gasteiger partial charge in [-0.15, -0.1) is 0 Å². The lowest BCUT2D eigenvalue weighted by Crippen LogP contribution is -2.38. The highest BCUT2D eigenvalue weighted by Gasteiger charge is 2.34. The van der Waals surface area contributed by atoms with E-state index in [-0.39, 0.29) is 16.4 Å². The molecule has 1 fully saturated rings. The van der Waals surface area contributed by atoms with Gasteiger partial charge in [0, 0.05) is 41.7 Å². The average Bonchev–Trinajstić information content (AvgIpc) is 2.89. The smallest absolute Gasteiger partial charge is 0.264 e. The Labute approximate surface area is 181 Å². The first-order valence-corrected chi connectivity index (χ1v) is 12.0. The number of piperidine rings is 1. The van der Waals surface area contributed by atoms with Gasteiger partial charge in [0.1, 0.15) is 4.90 Å². The van der Waals surface area contributed by atoms with Gasteiger partial charge in [-0.3, -0.25) is 9.52 Å². The molecule has 1 aliphatic rings. The fourth-order valence-corrected chi connectivity index (χ4v) is 5.60. The molecule has 2 aromatic rings. The summed E-state index contributed by atoms with van der Waals surface area (Å²) in [5.74, 6) is 0.383. The number of sulfonamides is 1. The Bertz CT molecular complexity index is 1050. The zero-order valence-corrected chi connectivity index (χ0v) is 19.9. The van der Waals surface area contributed by atoms with Gasteiger partial charge in [0.05, 0.1) is 5.56 Å². The largest absolute Gasteiger partial charge is 0.350 e. The molecule has 1 saturated heterocycles. The maximum atomic E-state index is 13.3. The number of nitrogens with zero attached hydrogens (tertiary/aromatic N) is 2. The molecule has 0 saturated carbocycles. The van der Waals surface area contributed by atoms with Crippen molar-refractivity contribution in [3.8, 4) is 0 Å². The summed E-state index contributed by atoms with van der Waals surface area (Å²) < 4.78 is 32.0. The third-order valence-corrected chi connectivity index (χ3v) is 8.32. The van der Waals surface area contributed by atoms with E-state index in [9.17, 15) is 13.2 Å².